The monoisotopic (exact) mass is 451 g/mol. The average molecular weight is 451 g/mol. The molecule has 3 atom stereocenters. The highest BCUT2D eigenvalue weighted by Crippen LogP contribution is 2.38. The van der Waals surface area contributed by atoms with Crippen molar-refractivity contribution in [3.63, 3.8) is 0 Å². The number of ether oxygens (including phenoxy) is 1. The number of amides is 3. The van der Waals surface area contributed by atoms with E-state index in [1.54, 1.807) is 11.4 Å². The number of carbonyl (C=O) groups is 3. The highest BCUT2D eigenvalue weighted by Gasteiger charge is 2.35. The van der Waals surface area contributed by atoms with Crippen molar-refractivity contribution < 1.29 is 36.7 Å². The molecule has 0 spiro atoms. The molecule has 29 heavy (non-hydrogen) atoms. The molecule has 2 aliphatic heterocycles. The molecule has 2 heterocycles. The van der Waals surface area contributed by atoms with Crippen LogP contribution in [0.5, 0.6) is 0 Å². The van der Waals surface area contributed by atoms with Crippen LogP contribution in [0.15, 0.2) is 39.9 Å². The number of aliphatic imine (C=N–C) groups is 1. The number of hydrogen-bond acceptors (Lipinski definition) is 7. The number of hydrogen-bond donors (Lipinski definition) is 2. The van der Waals surface area contributed by atoms with Crippen molar-refractivity contribution >= 4 is 46.5 Å². The van der Waals surface area contributed by atoms with Crippen LogP contribution in [0.3, 0.4) is 0 Å². The number of thioether (sulfide) groups is 2. The fourth-order valence-electron chi connectivity index (χ4n) is 2.51. The molecule has 3 rings (SSSR count). The van der Waals surface area contributed by atoms with Gasteiger partial charge in [0.25, 0.3) is 11.8 Å². The Hall–Kier alpha value is -2.28. The third-order valence-electron chi connectivity index (χ3n) is 3.73. The Morgan fingerprint density at radius 2 is 1.90 bits per heavy atom. The fourth-order valence-corrected chi connectivity index (χ4v) is 4.54. The number of rotatable bonds is 4. The molecular formula is C16H13F4N3O4S2. The molecule has 3 amide bonds. The zero-order chi connectivity index (χ0) is 21.2. The summed E-state index contributed by atoms with van der Waals surface area (Å²) >= 11 is 1.76. The number of alkyl halides is 4. The predicted octanol–water partition coefficient (Wildman–Crippen LogP) is 2.57. The van der Waals surface area contributed by atoms with Crippen molar-refractivity contribution in [1.29, 1.82) is 0 Å². The first-order valence-corrected chi connectivity index (χ1v) is 9.88. The molecule has 0 aromatic carbocycles. The molecule has 1 aliphatic carbocycles. The zero-order valence-electron chi connectivity index (χ0n) is 14.4. The van der Waals surface area contributed by atoms with Gasteiger partial charge in [0.05, 0.1) is 21.9 Å². The molecule has 0 radical (unpaired) electrons. The number of allylic oxidation sites excluding steroid dienone is 2. The van der Waals surface area contributed by atoms with E-state index in [0.717, 1.165) is 0 Å². The Bertz CT molecular complexity index is 854. The van der Waals surface area contributed by atoms with E-state index in [0.29, 0.717) is 11.8 Å². The fraction of sp³-hybridized carbons (Fsp3) is 0.375. The third kappa shape index (κ3) is 5.63. The van der Waals surface area contributed by atoms with Crippen molar-refractivity contribution in [2.75, 3.05) is 6.61 Å². The van der Waals surface area contributed by atoms with Gasteiger partial charge in [0, 0.05) is 6.42 Å². The first-order valence-electron chi connectivity index (χ1n) is 8.12. The molecule has 0 saturated heterocycles. The van der Waals surface area contributed by atoms with Crippen molar-refractivity contribution in [2.45, 2.75) is 29.4 Å². The van der Waals surface area contributed by atoms with Gasteiger partial charge in [0.2, 0.25) is 0 Å². The second-order valence-electron chi connectivity index (χ2n) is 5.92. The molecule has 0 saturated carbocycles. The van der Waals surface area contributed by atoms with E-state index < -0.39 is 42.6 Å². The minimum atomic E-state index is -4.76. The van der Waals surface area contributed by atoms with Crippen LogP contribution in [0.1, 0.15) is 6.42 Å². The van der Waals surface area contributed by atoms with Gasteiger partial charge in [-0.2, -0.15) is 13.2 Å². The van der Waals surface area contributed by atoms with E-state index in [-0.39, 0.29) is 26.9 Å². The van der Waals surface area contributed by atoms with Gasteiger partial charge >= 0.3 is 12.3 Å². The lowest BCUT2D eigenvalue weighted by molar-refractivity contribution is -0.160. The predicted molar refractivity (Wildman–Crippen MR) is 98.7 cm³/mol. The van der Waals surface area contributed by atoms with E-state index in [2.05, 4.69) is 15.0 Å². The summed E-state index contributed by atoms with van der Waals surface area (Å²) in [5.74, 6) is -1.80. The lowest BCUT2D eigenvalue weighted by Gasteiger charge is -2.11. The van der Waals surface area contributed by atoms with Crippen LogP contribution in [0.4, 0.5) is 22.4 Å². The van der Waals surface area contributed by atoms with Crippen molar-refractivity contribution in [3.8, 4) is 0 Å². The summed E-state index contributed by atoms with van der Waals surface area (Å²) in [6.45, 7) is -1.88. The number of halogens is 4. The number of imide groups is 1. The second kappa shape index (κ2) is 8.61. The average Bonchev–Trinajstić information content (AvgIpc) is 3.22. The summed E-state index contributed by atoms with van der Waals surface area (Å²) in [4.78, 5) is 40.1. The van der Waals surface area contributed by atoms with E-state index in [1.807, 2.05) is 18.2 Å². The van der Waals surface area contributed by atoms with Crippen molar-refractivity contribution in [2.24, 2.45) is 4.99 Å². The van der Waals surface area contributed by atoms with E-state index >= 15 is 0 Å². The van der Waals surface area contributed by atoms with Crippen LogP contribution >= 0.6 is 23.5 Å². The molecule has 0 fully saturated rings. The maximum Gasteiger partial charge on any atom is 0.422 e. The molecule has 2 N–H and O–H groups in total. The first-order chi connectivity index (χ1) is 13.6. The van der Waals surface area contributed by atoms with Gasteiger partial charge in [-0.15, -0.1) is 0 Å². The van der Waals surface area contributed by atoms with Gasteiger partial charge in [-0.05, 0) is 0 Å². The first kappa shape index (κ1) is 21.4. The Labute approximate surface area is 170 Å². The lowest BCUT2D eigenvalue weighted by atomic mass is 10.1. The molecule has 3 aliphatic rings. The summed E-state index contributed by atoms with van der Waals surface area (Å²) in [6, 6.07) is -0.198. The molecule has 7 nitrogen and oxygen atoms in total. The van der Waals surface area contributed by atoms with Gasteiger partial charge in [0.15, 0.2) is 17.2 Å². The Morgan fingerprint density at radius 3 is 2.59 bits per heavy atom. The Balaban J connectivity index is 1.63. The Morgan fingerprint density at radius 1 is 1.17 bits per heavy atom. The maximum atomic E-state index is 13.8. The lowest BCUT2D eigenvalue weighted by Crippen LogP contribution is -2.36. The van der Waals surface area contributed by atoms with Gasteiger partial charge in [-0.25, -0.2) is 9.18 Å². The van der Waals surface area contributed by atoms with Gasteiger partial charge in [-0.3, -0.25) is 19.9 Å². The van der Waals surface area contributed by atoms with Crippen LogP contribution < -0.4 is 10.6 Å². The highest BCUT2D eigenvalue weighted by molar-refractivity contribution is 8.16. The molecule has 0 aromatic rings. The summed E-state index contributed by atoms with van der Waals surface area (Å²) in [7, 11) is 0. The van der Waals surface area contributed by atoms with Crippen LogP contribution in [0.2, 0.25) is 0 Å². The van der Waals surface area contributed by atoms with E-state index in [1.165, 1.54) is 11.8 Å². The molecule has 13 heteroatoms. The van der Waals surface area contributed by atoms with Crippen molar-refractivity contribution in [1.82, 2.24) is 10.6 Å². The van der Waals surface area contributed by atoms with Crippen molar-refractivity contribution in [3.05, 3.63) is 34.9 Å². The summed E-state index contributed by atoms with van der Waals surface area (Å²) < 4.78 is 53.8. The van der Waals surface area contributed by atoms with Gasteiger partial charge < -0.3 is 10.1 Å². The van der Waals surface area contributed by atoms with Gasteiger partial charge in [-0.1, -0.05) is 47.8 Å². The molecular weight excluding hydrogens is 438 g/mol. The summed E-state index contributed by atoms with van der Waals surface area (Å²) in [6.07, 6.45) is 0.512. The number of carbonyl (C=O) groups excluding carboxylic acids is 3. The zero-order valence-corrected chi connectivity index (χ0v) is 16.0. The highest BCUT2D eigenvalue weighted by atomic mass is 32.2. The van der Waals surface area contributed by atoms with Crippen LogP contribution in [0.25, 0.3) is 0 Å². The number of alkyl carbamates (subject to hydrolysis) is 1. The smallest absolute Gasteiger partial charge is 0.422 e. The quantitative estimate of drug-likeness (QED) is 0.638. The minimum Gasteiger partial charge on any atom is -0.440 e. The molecule has 3 unspecified atom stereocenters. The standard InChI is InChI=1S/C16H13F4N3O4S2/c17-10-5-7(11(24)23-15(26)27-6-16(18,19)20)13(29-10)22-12(25)14-21-8-3-1-2-4-9(8)28-14/h1-4,8-10H,5-6H2,(H,22,25)(H,23,24,26). The normalized spacial score (nSPS) is 25.5. The number of nitrogens with zero attached hydrogens (tertiary/aromatic N) is 1. The SMILES string of the molecule is O=C(NC(=O)C1=C(NC(=O)C2=NC3C=CC=CC3S2)SC(F)C1)OCC(F)(F)F. The minimum absolute atomic E-state index is 0.0361. The maximum absolute atomic E-state index is 13.8. The molecule has 0 bridgehead atoms. The van der Waals surface area contributed by atoms with E-state index in [9.17, 15) is 31.9 Å². The molecule has 156 valence electrons. The van der Waals surface area contributed by atoms with Crippen LogP contribution in [-0.4, -0.2) is 52.5 Å². The number of fused-ring (bicyclic) bond motifs is 1. The van der Waals surface area contributed by atoms with Gasteiger partial charge in [0.1, 0.15) is 0 Å². The van der Waals surface area contributed by atoms with Crippen LogP contribution in [0, 0.1) is 0 Å². The van der Waals surface area contributed by atoms with Crippen LogP contribution in [-0.2, 0) is 14.3 Å². The molecule has 0 aromatic heterocycles. The topological polar surface area (TPSA) is 96.9 Å². The summed E-state index contributed by atoms with van der Waals surface area (Å²) in [5, 5.41) is 3.96. The number of nitrogens with one attached hydrogen (secondary N) is 2. The summed E-state index contributed by atoms with van der Waals surface area (Å²) in [5.41, 5.74) is -1.84. The largest absolute Gasteiger partial charge is 0.440 e. The third-order valence-corrected chi connectivity index (χ3v) is 5.96. The van der Waals surface area contributed by atoms with E-state index in [4.69, 9.17) is 0 Å². The second-order valence-corrected chi connectivity index (χ2v) is 8.24. The Kier molecular flexibility index (Phi) is 6.36.